The number of rotatable bonds is 7. The summed E-state index contributed by atoms with van der Waals surface area (Å²) in [6.45, 7) is 3.65. The van der Waals surface area contributed by atoms with Gasteiger partial charge in [-0.05, 0) is 66.5 Å². The first-order valence-electron chi connectivity index (χ1n) is 12.3. The predicted octanol–water partition coefficient (Wildman–Crippen LogP) is 9.24. The van der Waals surface area contributed by atoms with Gasteiger partial charge in [-0.2, -0.15) is 8.78 Å². The van der Waals surface area contributed by atoms with Crippen molar-refractivity contribution in [2.75, 3.05) is 0 Å². The lowest BCUT2D eigenvalue weighted by molar-refractivity contribution is -0.189. The van der Waals surface area contributed by atoms with Crippen LogP contribution in [0.25, 0.3) is 11.1 Å². The fourth-order valence-corrected chi connectivity index (χ4v) is 4.87. The molecule has 37 heavy (non-hydrogen) atoms. The maximum absolute atomic E-state index is 14.8. The molecule has 0 N–H and O–H groups in total. The van der Waals surface area contributed by atoms with Gasteiger partial charge >= 0.3 is 6.11 Å². The first-order valence-corrected chi connectivity index (χ1v) is 12.3. The number of halogens is 7. The van der Waals surface area contributed by atoms with Crippen molar-refractivity contribution in [3.8, 4) is 16.9 Å². The fourth-order valence-electron chi connectivity index (χ4n) is 4.87. The summed E-state index contributed by atoms with van der Waals surface area (Å²) in [5, 5.41) is 0. The summed E-state index contributed by atoms with van der Waals surface area (Å²) in [7, 11) is 0. The van der Waals surface area contributed by atoms with Gasteiger partial charge in [-0.25, -0.2) is 22.0 Å². The Labute approximate surface area is 211 Å². The van der Waals surface area contributed by atoms with Crippen molar-refractivity contribution in [3.63, 3.8) is 0 Å². The van der Waals surface area contributed by atoms with Gasteiger partial charge < -0.3 is 4.74 Å². The number of benzene rings is 3. The Hall–Kier alpha value is -3.03. The molecule has 0 heterocycles. The maximum Gasteiger partial charge on any atom is 0.432 e. The average Bonchev–Trinajstić information content (AvgIpc) is 2.79. The van der Waals surface area contributed by atoms with Crippen molar-refractivity contribution < 1.29 is 35.5 Å². The Morgan fingerprint density at radius 2 is 1.38 bits per heavy atom. The number of alkyl halides is 2. The lowest BCUT2D eigenvalue weighted by Gasteiger charge is -2.26. The quantitative estimate of drug-likeness (QED) is 0.280. The highest BCUT2D eigenvalue weighted by molar-refractivity contribution is 5.66. The van der Waals surface area contributed by atoms with Crippen molar-refractivity contribution >= 4 is 0 Å². The zero-order valence-corrected chi connectivity index (χ0v) is 20.5. The van der Waals surface area contributed by atoms with E-state index in [0.717, 1.165) is 43.9 Å². The van der Waals surface area contributed by atoms with Crippen LogP contribution in [0.4, 0.5) is 30.7 Å². The van der Waals surface area contributed by atoms with Crippen molar-refractivity contribution in [1.29, 1.82) is 0 Å². The molecule has 0 radical (unpaired) electrons. The van der Waals surface area contributed by atoms with E-state index in [1.165, 1.54) is 19.1 Å². The minimum atomic E-state index is -4.55. The lowest BCUT2D eigenvalue weighted by atomic mass is 9.80. The van der Waals surface area contributed by atoms with Crippen LogP contribution in [0.15, 0.2) is 42.5 Å². The van der Waals surface area contributed by atoms with Crippen LogP contribution in [0.5, 0.6) is 5.75 Å². The molecule has 0 aromatic heterocycles. The van der Waals surface area contributed by atoms with Gasteiger partial charge in [0.05, 0.1) is 5.56 Å². The van der Waals surface area contributed by atoms with E-state index in [4.69, 9.17) is 0 Å². The van der Waals surface area contributed by atoms with Gasteiger partial charge in [0.15, 0.2) is 0 Å². The van der Waals surface area contributed by atoms with Gasteiger partial charge in [0.2, 0.25) is 0 Å². The second-order valence-electron chi connectivity index (χ2n) is 9.94. The molecule has 1 aliphatic rings. The first-order chi connectivity index (χ1) is 17.4. The second-order valence-corrected chi connectivity index (χ2v) is 9.94. The van der Waals surface area contributed by atoms with E-state index in [1.54, 1.807) is 0 Å². The van der Waals surface area contributed by atoms with Gasteiger partial charge in [-0.3, -0.25) is 0 Å². The summed E-state index contributed by atoms with van der Waals surface area (Å²) >= 11 is 0. The minimum Gasteiger partial charge on any atom is -0.429 e. The van der Waals surface area contributed by atoms with E-state index >= 15 is 0 Å². The summed E-state index contributed by atoms with van der Waals surface area (Å²) < 4.78 is 106. The van der Waals surface area contributed by atoms with E-state index in [0.29, 0.717) is 36.8 Å². The summed E-state index contributed by atoms with van der Waals surface area (Å²) in [6, 6.07) is 6.10. The van der Waals surface area contributed by atoms with E-state index in [2.05, 4.69) is 11.7 Å². The van der Waals surface area contributed by atoms with Crippen LogP contribution in [0.3, 0.4) is 0 Å². The smallest absolute Gasteiger partial charge is 0.429 e. The zero-order chi connectivity index (χ0) is 26.9. The first kappa shape index (κ1) is 27.0. The van der Waals surface area contributed by atoms with Gasteiger partial charge in [0, 0.05) is 12.1 Å². The van der Waals surface area contributed by atoms with Crippen LogP contribution < -0.4 is 4.74 Å². The van der Waals surface area contributed by atoms with Crippen molar-refractivity contribution in [3.05, 3.63) is 88.2 Å². The highest BCUT2D eigenvalue weighted by atomic mass is 19.3. The molecule has 8 heteroatoms. The molecule has 3 aromatic carbocycles. The lowest BCUT2D eigenvalue weighted by Crippen LogP contribution is -2.25. The van der Waals surface area contributed by atoms with Gasteiger partial charge in [-0.1, -0.05) is 44.7 Å². The molecule has 0 unspecified atom stereocenters. The molecule has 4 rings (SSSR count). The monoisotopic (exact) mass is 524 g/mol. The number of hydrogen-bond donors (Lipinski definition) is 0. The maximum atomic E-state index is 14.8. The van der Waals surface area contributed by atoms with E-state index < -0.39 is 52.1 Å². The van der Waals surface area contributed by atoms with Crippen LogP contribution >= 0.6 is 0 Å². The molecule has 198 valence electrons. The van der Waals surface area contributed by atoms with Gasteiger partial charge in [0.25, 0.3) is 0 Å². The van der Waals surface area contributed by atoms with Crippen LogP contribution in [0.2, 0.25) is 0 Å². The van der Waals surface area contributed by atoms with Crippen LogP contribution in [-0.4, -0.2) is 0 Å². The predicted molar refractivity (Wildman–Crippen MR) is 127 cm³/mol. The molecule has 3 aromatic rings. The third kappa shape index (κ3) is 6.11. The number of ether oxygens (including phenoxy) is 1. The summed E-state index contributed by atoms with van der Waals surface area (Å²) in [4.78, 5) is 0. The number of aryl methyl sites for hydroxylation is 2. The topological polar surface area (TPSA) is 9.23 Å². The Balaban J connectivity index is 1.52. The summed E-state index contributed by atoms with van der Waals surface area (Å²) in [5.74, 6) is -6.22. The van der Waals surface area contributed by atoms with Crippen molar-refractivity contribution in [2.45, 2.75) is 58.5 Å². The molecule has 0 amide bonds. The van der Waals surface area contributed by atoms with Crippen molar-refractivity contribution in [2.24, 2.45) is 11.8 Å². The van der Waals surface area contributed by atoms with Crippen LogP contribution in [0, 0.1) is 47.8 Å². The van der Waals surface area contributed by atoms with Gasteiger partial charge in [0.1, 0.15) is 40.4 Å². The largest absolute Gasteiger partial charge is 0.432 e. The highest BCUT2D eigenvalue weighted by Crippen LogP contribution is 2.38. The number of hydrogen-bond acceptors (Lipinski definition) is 1. The Bertz CT molecular complexity index is 1230. The molecule has 0 saturated heterocycles. The summed E-state index contributed by atoms with van der Waals surface area (Å²) in [6.07, 6.45) is 0.745. The Morgan fingerprint density at radius 3 is 1.95 bits per heavy atom. The van der Waals surface area contributed by atoms with E-state index in [1.807, 2.05) is 0 Å². The Morgan fingerprint density at radius 1 is 0.784 bits per heavy atom. The van der Waals surface area contributed by atoms with Crippen LogP contribution in [-0.2, 0) is 12.5 Å². The molecule has 1 aliphatic carbocycles. The molecular formula is C29H27F7O. The fraction of sp³-hybridized carbons (Fsp3) is 0.379. The second kappa shape index (κ2) is 10.8. The SMILES string of the molecule is Cc1ccc(-c2c(F)cc(OC(F)(F)c3c(F)cc(CCC4CCC(C)CC4)cc3F)cc2F)cc1F. The Kier molecular flexibility index (Phi) is 7.85. The zero-order valence-electron chi connectivity index (χ0n) is 20.5. The van der Waals surface area contributed by atoms with Crippen LogP contribution in [0.1, 0.15) is 55.7 Å². The molecule has 0 aliphatic heterocycles. The molecule has 1 nitrogen and oxygen atoms in total. The normalized spacial score (nSPS) is 18.2. The average molecular weight is 525 g/mol. The van der Waals surface area contributed by atoms with Gasteiger partial charge in [-0.15, -0.1) is 0 Å². The van der Waals surface area contributed by atoms with E-state index in [9.17, 15) is 30.7 Å². The highest BCUT2D eigenvalue weighted by Gasteiger charge is 2.41. The molecule has 1 saturated carbocycles. The van der Waals surface area contributed by atoms with E-state index in [-0.39, 0.29) is 16.7 Å². The molecule has 0 bridgehead atoms. The standard InChI is InChI=1S/C29H27F7O/c1-16-3-6-18(7-4-16)8-9-19-11-25(33)28(26(34)12-19)29(35,36)37-21-14-23(31)27(24(32)15-21)20-10-5-17(2)22(30)13-20/h5,10-16,18H,3-4,6-9H2,1-2H3. The summed E-state index contributed by atoms with van der Waals surface area (Å²) in [5.41, 5.74) is -1.94. The molecule has 0 atom stereocenters. The molecular weight excluding hydrogens is 497 g/mol. The third-order valence-corrected chi connectivity index (χ3v) is 7.09. The van der Waals surface area contributed by atoms with Crippen molar-refractivity contribution in [1.82, 2.24) is 0 Å². The molecule has 0 spiro atoms. The third-order valence-electron chi connectivity index (χ3n) is 7.09. The molecule has 1 fully saturated rings. The minimum absolute atomic E-state index is 0.146.